The quantitative estimate of drug-likeness (QED) is 0.863. The Bertz CT molecular complexity index is 467. The molecule has 0 unspecified atom stereocenters. The average molecular weight is 289 g/mol. The molecule has 1 aromatic heterocycles. The SMILES string of the molecule is CSc1nc2c(Br)cc(CN)cc2s1. The van der Waals surface area contributed by atoms with Crippen LogP contribution in [-0.2, 0) is 6.54 Å². The number of hydrogen-bond acceptors (Lipinski definition) is 4. The molecule has 1 heterocycles. The molecule has 0 aliphatic rings. The molecule has 0 radical (unpaired) electrons. The van der Waals surface area contributed by atoms with Gasteiger partial charge in [-0.3, -0.25) is 0 Å². The molecule has 1 aromatic carbocycles. The number of rotatable bonds is 2. The van der Waals surface area contributed by atoms with Crippen LogP contribution in [0.1, 0.15) is 5.56 Å². The first-order valence-electron chi connectivity index (χ1n) is 4.07. The lowest BCUT2D eigenvalue weighted by Gasteiger charge is -1.97. The summed E-state index contributed by atoms with van der Waals surface area (Å²) in [5, 5.41) is 0. The van der Waals surface area contributed by atoms with Gasteiger partial charge in [-0.25, -0.2) is 4.98 Å². The third-order valence-electron chi connectivity index (χ3n) is 1.90. The molecule has 2 aromatic rings. The van der Waals surface area contributed by atoms with Gasteiger partial charge in [-0.15, -0.1) is 11.3 Å². The topological polar surface area (TPSA) is 38.9 Å². The summed E-state index contributed by atoms with van der Waals surface area (Å²) in [7, 11) is 0. The second-order valence-corrected chi connectivity index (χ2v) is 5.75. The summed E-state index contributed by atoms with van der Waals surface area (Å²) in [6.07, 6.45) is 2.04. The van der Waals surface area contributed by atoms with Crippen molar-refractivity contribution in [2.45, 2.75) is 10.9 Å². The van der Waals surface area contributed by atoms with Gasteiger partial charge in [-0.1, -0.05) is 11.8 Å². The lowest BCUT2D eigenvalue weighted by molar-refractivity contribution is 1.07. The van der Waals surface area contributed by atoms with Crippen molar-refractivity contribution in [1.29, 1.82) is 0 Å². The Labute approximate surface area is 99.0 Å². The monoisotopic (exact) mass is 288 g/mol. The van der Waals surface area contributed by atoms with Crippen LogP contribution in [0, 0.1) is 0 Å². The minimum absolute atomic E-state index is 0.570. The number of thioether (sulfide) groups is 1. The van der Waals surface area contributed by atoms with Crippen molar-refractivity contribution < 1.29 is 0 Å². The van der Waals surface area contributed by atoms with Crippen LogP contribution < -0.4 is 5.73 Å². The molecule has 2 nitrogen and oxygen atoms in total. The van der Waals surface area contributed by atoms with Gasteiger partial charge in [0.2, 0.25) is 0 Å². The van der Waals surface area contributed by atoms with Gasteiger partial charge < -0.3 is 5.73 Å². The molecule has 0 atom stereocenters. The summed E-state index contributed by atoms with van der Waals surface area (Å²) < 4.78 is 3.33. The third-order valence-corrected chi connectivity index (χ3v) is 4.49. The molecule has 0 amide bonds. The zero-order valence-electron chi connectivity index (χ0n) is 7.58. The molecule has 74 valence electrons. The van der Waals surface area contributed by atoms with Crippen LogP contribution in [0.15, 0.2) is 20.9 Å². The summed E-state index contributed by atoms with van der Waals surface area (Å²) in [4.78, 5) is 4.50. The third kappa shape index (κ3) is 1.82. The fraction of sp³-hybridized carbons (Fsp3) is 0.222. The smallest absolute Gasteiger partial charge is 0.150 e. The van der Waals surface area contributed by atoms with Gasteiger partial charge in [0.05, 0.1) is 10.2 Å². The Morgan fingerprint density at radius 1 is 1.57 bits per heavy atom. The molecule has 0 saturated heterocycles. The van der Waals surface area contributed by atoms with E-state index >= 15 is 0 Å². The lowest BCUT2D eigenvalue weighted by atomic mass is 10.2. The molecule has 5 heteroatoms. The number of aromatic nitrogens is 1. The number of nitrogens with two attached hydrogens (primary N) is 1. The van der Waals surface area contributed by atoms with Crippen molar-refractivity contribution in [2.75, 3.05) is 6.26 Å². The minimum atomic E-state index is 0.570. The Morgan fingerprint density at radius 2 is 2.36 bits per heavy atom. The van der Waals surface area contributed by atoms with Crippen molar-refractivity contribution >= 4 is 49.2 Å². The van der Waals surface area contributed by atoms with E-state index in [1.807, 2.05) is 12.3 Å². The maximum Gasteiger partial charge on any atom is 0.150 e. The van der Waals surface area contributed by atoms with Gasteiger partial charge in [0.25, 0.3) is 0 Å². The highest BCUT2D eigenvalue weighted by molar-refractivity contribution is 9.10. The van der Waals surface area contributed by atoms with Crippen LogP contribution in [0.25, 0.3) is 10.2 Å². The van der Waals surface area contributed by atoms with Crippen molar-refractivity contribution in [3.8, 4) is 0 Å². The van der Waals surface area contributed by atoms with Crippen molar-refractivity contribution in [3.05, 3.63) is 22.2 Å². The summed E-state index contributed by atoms with van der Waals surface area (Å²) in [5.41, 5.74) is 7.79. The Morgan fingerprint density at radius 3 is 3.00 bits per heavy atom. The van der Waals surface area contributed by atoms with Crippen LogP contribution in [0.5, 0.6) is 0 Å². The highest BCUT2D eigenvalue weighted by atomic mass is 79.9. The van der Waals surface area contributed by atoms with Crippen LogP contribution in [0.3, 0.4) is 0 Å². The molecule has 0 saturated carbocycles. The lowest BCUT2D eigenvalue weighted by Crippen LogP contribution is -1.95. The molecule has 0 spiro atoms. The number of nitrogens with zero attached hydrogens (tertiary/aromatic N) is 1. The second-order valence-electron chi connectivity index (χ2n) is 2.81. The van der Waals surface area contributed by atoms with Crippen LogP contribution in [0.2, 0.25) is 0 Å². The highest BCUT2D eigenvalue weighted by Gasteiger charge is 2.07. The standard InChI is InChI=1S/C9H9BrN2S2/c1-13-9-12-8-6(10)2-5(4-11)3-7(8)14-9/h2-3H,4,11H2,1H3. The Kier molecular flexibility index (Phi) is 3.11. The Hall–Kier alpha value is -0.100. The summed E-state index contributed by atoms with van der Waals surface area (Å²) in [5.74, 6) is 0. The molecular weight excluding hydrogens is 280 g/mol. The van der Waals surface area contributed by atoms with Crippen LogP contribution in [-0.4, -0.2) is 11.2 Å². The molecule has 0 bridgehead atoms. The maximum absolute atomic E-state index is 5.61. The van der Waals surface area contributed by atoms with Gasteiger partial charge in [-0.05, 0) is 39.9 Å². The Balaban J connectivity index is 2.67. The first-order chi connectivity index (χ1) is 6.74. The fourth-order valence-corrected chi connectivity index (χ4v) is 3.53. The first-order valence-corrected chi connectivity index (χ1v) is 6.91. The molecular formula is C9H9BrN2S2. The van der Waals surface area contributed by atoms with E-state index in [9.17, 15) is 0 Å². The molecule has 0 aliphatic carbocycles. The normalized spacial score (nSPS) is 11.1. The molecule has 0 fully saturated rings. The largest absolute Gasteiger partial charge is 0.326 e. The van der Waals surface area contributed by atoms with Crippen molar-refractivity contribution in [1.82, 2.24) is 4.98 Å². The van der Waals surface area contributed by atoms with Gasteiger partial charge >= 0.3 is 0 Å². The fourth-order valence-electron chi connectivity index (χ4n) is 1.23. The van der Waals surface area contributed by atoms with Gasteiger partial charge in [-0.2, -0.15) is 0 Å². The van der Waals surface area contributed by atoms with Crippen LogP contribution in [0.4, 0.5) is 0 Å². The average Bonchev–Trinajstić information content (AvgIpc) is 2.61. The first kappa shape index (κ1) is 10.4. The van der Waals surface area contributed by atoms with E-state index < -0.39 is 0 Å². The van der Waals surface area contributed by atoms with E-state index in [0.29, 0.717) is 6.54 Å². The minimum Gasteiger partial charge on any atom is -0.326 e. The summed E-state index contributed by atoms with van der Waals surface area (Å²) in [6.45, 7) is 0.570. The van der Waals surface area contributed by atoms with Gasteiger partial charge in [0.15, 0.2) is 4.34 Å². The highest BCUT2D eigenvalue weighted by Crippen LogP contribution is 2.33. The molecule has 0 aliphatic heterocycles. The van der Waals surface area contributed by atoms with Gasteiger partial charge in [0.1, 0.15) is 0 Å². The van der Waals surface area contributed by atoms with E-state index in [-0.39, 0.29) is 0 Å². The number of fused-ring (bicyclic) bond motifs is 1. The van der Waals surface area contributed by atoms with E-state index in [2.05, 4.69) is 27.0 Å². The maximum atomic E-state index is 5.61. The number of hydrogen-bond donors (Lipinski definition) is 1. The summed E-state index contributed by atoms with van der Waals surface area (Å²) in [6, 6.07) is 4.14. The van der Waals surface area contributed by atoms with Crippen molar-refractivity contribution in [2.24, 2.45) is 5.73 Å². The molecule has 2 N–H and O–H groups in total. The van der Waals surface area contributed by atoms with Crippen LogP contribution >= 0.6 is 39.0 Å². The number of benzene rings is 1. The zero-order valence-corrected chi connectivity index (χ0v) is 10.8. The van der Waals surface area contributed by atoms with E-state index in [0.717, 1.165) is 19.9 Å². The van der Waals surface area contributed by atoms with E-state index in [4.69, 9.17) is 5.73 Å². The molecule has 14 heavy (non-hydrogen) atoms. The van der Waals surface area contributed by atoms with Crippen molar-refractivity contribution in [3.63, 3.8) is 0 Å². The predicted octanol–water partition coefficient (Wildman–Crippen LogP) is 3.24. The summed E-state index contributed by atoms with van der Waals surface area (Å²) >= 11 is 6.89. The predicted molar refractivity (Wildman–Crippen MR) is 67.0 cm³/mol. The second kappa shape index (κ2) is 4.18. The van der Waals surface area contributed by atoms with Gasteiger partial charge in [0, 0.05) is 11.0 Å². The molecule has 2 rings (SSSR count). The number of thiazole rings is 1. The van der Waals surface area contributed by atoms with E-state index in [1.54, 1.807) is 23.1 Å². The number of halogens is 1. The van der Waals surface area contributed by atoms with E-state index in [1.165, 1.54) is 4.70 Å². The zero-order chi connectivity index (χ0) is 10.1.